The summed E-state index contributed by atoms with van der Waals surface area (Å²) >= 11 is 0. The van der Waals surface area contributed by atoms with Gasteiger partial charge in [-0.2, -0.15) is 0 Å². The molecule has 35 heavy (non-hydrogen) atoms. The lowest BCUT2D eigenvalue weighted by Crippen LogP contribution is -2.54. The molecule has 3 amide bonds. The van der Waals surface area contributed by atoms with E-state index in [1.165, 1.54) is 28.8 Å². The number of anilines is 1. The van der Waals surface area contributed by atoms with Crippen LogP contribution in [-0.2, 0) is 4.79 Å². The van der Waals surface area contributed by atoms with Crippen LogP contribution in [0.1, 0.15) is 29.2 Å². The number of aryl methyl sites for hydroxylation is 2. The van der Waals surface area contributed by atoms with Crippen LogP contribution >= 0.6 is 0 Å². The standard InChI is InChI=1S/C25H30N6O4/c1-15-5-6-17(11-16(15)2)20-13-21-24-28-31(25(33)29(24)9-10-30(21)27-20)14-23(32)26-19-8-7-18(34-3)12-22(19)35-4/h5-12,20-21,24,27-28H,13-14H2,1-4H3,(H,26,32). The lowest BCUT2D eigenvalue weighted by atomic mass is 9.97. The van der Waals surface area contributed by atoms with Crippen LogP contribution in [0.3, 0.4) is 0 Å². The number of benzene rings is 2. The second-order valence-electron chi connectivity index (χ2n) is 9.00. The molecule has 5 rings (SSSR count). The van der Waals surface area contributed by atoms with Crippen molar-refractivity contribution in [2.75, 3.05) is 26.1 Å². The highest BCUT2D eigenvalue weighted by molar-refractivity contribution is 5.96. The van der Waals surface area contributed by atoms with Crippen LogP contribution in [0.15, 0.2) is 48.8 Å². The van der Waals surface area contributed by atoms with Gasteiger partial charge >= 0.3 is 6.03 Å². The van der Waals surface area contributed by atoms with Gasteiger partial charge in [0.25, 0.3) is 0 Å². The quantitative estimate of drug-likeness (QED) is 0.587. The Morgan fingerprint density at radius 3 is 2.63 bits per heavy atom. The summed E-state index contributed by atoms with van der Waals surface area (Å²) in [4.78, 5) is 27.5. The fraction of sp³-hybridized carbons (Fsp3) is 0.360. The largest absolute Gasteiger partial charge is 0.497 e. The van der Waals surface area contributed by atoms with Gasteiger partial charge in [-0.15, -0.1) is 0 Å². The Bertz CT molecular complexity index is 1180. The second-order valence-corrected chi connectivity index (χ2v) is 9.00. The van der Waals surface area contributed by atoms with Crippen molar-refractivity contribution in [3.8, 4) is 11.5 Å². The Hall–Kier alpha value is -3.76. The topological polar surface area (TPSA) is 98.4 Å². The number of fused-ring (bicyclic) bond motifs is 3. The number of ether oxygens (including phenoxy) is 2. The fourth-order valence-corrected chi connectivity index (χ4v) is 4.77. The molecule has 0 radical (unpaired) electrons. The van der Waals surface area contributed by atoms with E-state index in [9.17, 15) is 9.59 Å². The fourth-order valence-electron chi connectivity index (χ4n) is 4.77. The predicted molar refractivity (Wildman–Crippen MR) is 130 cm³/mol. The van der Waals surface area contributed by atoms with Crippen LogP contribution in [0.2, 0.25) is 0 Å². The number of amides is 3. The molecule has 184 valence electrons. The van der Waals surface area contributed by atoms with Gasteiger partial charge in [-0.05, 0) is 49.1 Å². The number of methoxy groups -OCH3 is 2. The smallest absolute Gasteiger partial charge is 0.340 e. The highest BCUT2D eigenvalue weighted by Crippen LogP contribution is 2.35. The summed E-state index contributed by atoms with van der Waals surface area (Å²) in [6.45, 7) is 4.08. The van der Waals surface area contributed by atoms with Gasteiger partial charge in [-0.3, -0.25) is 9.69 Å². The van der Waals surface area contributed by atoms with E-state index >= 15 is 0 Å². The number of rotatable bonds is 6. The van der Waals surface area contributed by atoms with Crippen molar-refractivity contribution in [3.63, 3.8) is 0 Å². The summed E-state index contributed by atoms with van der Waals surface area (Å²) in [6.07, 6.45) is 4.17. The number of hydrogen-bond acceptors (Lipinski definition) is 7. The molecule has 10 heteroatoms. The third kappa shape index (κ3) is 4.26. The molecule has 0 aromatic heterocycles. The molecule has 10 nitrogen and oxygen atoms in total. The van der Waals surface area contributed by atoms with Gasteiger partial charge in [0.1, 0.15) is 24.2 Å². The molecule has 3 heterocycles. The molecule has 0 spiro atoms. The van der Waals surface area contributed by atoms with Crippen LogP contribution in [0.25, 0.3) is 0 Å². The van der Waals surface area contributed by atoms with Crippen molar-refractivity contribution in [1.82, 2.24) is 25.8 Å². The molecular formula is C25H30N6O4. The predicted octanol–water partition coefficient (Wildman–Crippen LogP) is 2.63. The molecule has 3 atom stereocenters. The van der Waals surface area contributed by atoms with E-state index in [0.717, 1.165) is 6.42 Å². The van der Waals surface area contributed by atoms with Gasteiger partial charge in [-0.25, -0.2) is 20.7 Å². The molecule has 0 bridgehead atoms. The van der Waals surface area contributed by atoms with Crippen LogP contribution in [0.4, 0.5) is 10.5 Å². The molecule has 3 unspecified atom stereocenters. The number of hydrogen-bond donors (Lipinski definition) is 3. The minimum atomic E-state index is -0.340. The maximum Gasteiger partial charge on any atom is 0.340 e. The zero-order valence-electron chi connectivity index (χ0n) is 20.2. The summed E-state index contributed by atoms with van der Waals surface area (Å²) in [5, 5.41) is 6.22. The van der Waals surface area contributed by atoms with E-state index in [1.807, 2.05) is 11.2 Å². The Kier molecular flexibility index (Phi) is 6.00. The van der Waals surface area contributed by atoms with Crippen molar-refractivity contribution >= 4 is 17.6 Å². The number of nitrogens with one attached hydrogen (secondary N) is 3. The SMILES string of the molecule is COc1ccc(NC(=O)CN2NC3C4CC(c5ccc(C)c(C)c5)NN4C=CN3C2=O)c(OC)c1. The highest BCUT2D eigenvalue weighted by atomic mass is 16.5. The minimum absolute atomic E-state index is 0.0188. The molecule has 3 N–H and O–H groups in total. The normalized spacial score (nSPS) is 22.8. The third-order valence-corrected chi connectivity index (χ3v) is 6.85. The molecule has 2 fully saturated rings. The Morgan fingerprint density at radius 2 is 1.89 bits per heavy atom. The van der Waals surface area contributed by atoms with Crippen molar-refractivity contribution < 1.29 is 19.1 Å². The van der Waals surface area contributed by atoms with Gasteiger partial charge < -0.3 is 19.8 Å². The van der Waals surface area contributed by atoms with Crippen LogP contribution in [0.5, 0.6) is 11.5 Å². The third-order valence-electron chi connectivity index (χ3n) is 6.85. The van der Waals surface area contributed by atoms with Crippen molar-refractivity contribution in [2.45, 2.75) is 38.5 Å². The molecule has 3 aliphatic rings. The lowest BCUT2D eigenvalue weighted by Gasteiger charge is -2.34. The first-order valence-corrected chi connectivity index (χ1v) is 11.6. The molecule has 2 aromatic carbocycles. The van der Waals surface area contributed by atoms with Gasteiger partial charge in [0.15, 0.2) is 0 Å². The molecule has 3 aliphatic heterocycles. The van der Waals surface area contributed by atoms with Gasteiger partial charge in [0.2, 0.25) is 5.91 Å². The summed E-state index contributed by atoms with van der Waals surface area (Å²) in [6, 6.07) is 11.5. The summed E-state index contributed by atoms with van der Waals surface area (Å²) < 4.78 is 10.5. The maximum atomic E-state index is 13.0. The van der Waals surface area contributed by atoms with E-state index < -0.39 is 0 Å². The van der Waals surface area contributed by atoms with Crippen LogP contribution in [-0.4, -0.2) is 59.8 Å². The number of carbonyl (C=O) groups excluding carboxylic acids is 2. The van der Waals surface area contributed by atoms with Crippen molar-refractivity contribution in [3.05, 3.63) is 65.5 Å². The maximum absolute atomic E-state index is 13.0. The average Bonchev–Trinajstić information content (AvgIpc) is 3.42. The van der Waals surface area contributed by atoms with Crippen LogP contribution in [0, 0.1) is 13.8 Å². The van der Waals surface area contributed by atoms with Crippen molar-refractivity contribution in [2.24, 2.45) is 0 Å². The van der Waals surface area contributed by atoms with E-state index in [-0.39, 0.29) is 36.7 Å². The summed E-state index contributed by atoms with van der Waals surface area (Å²) in [7, 11) is 3.08. The number of nitrogens with zero attached hydrogens (tertiary/aromatic N) is 3. The first kappa shape index (κ1) is 23.0. The Morgan fingerprint density at radius 1 is 1.06 bits per heavy atom. The molecule has 0 aliphatic carbocycles. The van der Waals surface area contributed by atoms with Gasteiger partial charge in [0, 0.05) is 18.5 Å². The molecule has 2 aromatic rings. The monoisotopic (exact) mass is 478 g/mol. The molecule has 2 saturated heterocycles. The first-order valence-electron chi connectivity index (χ1n) is 11.6. The lowest BCUT2D eigenvalue weighted by molar-refractivity contribution is -0.117. The minimum Gasteiger partial charge on any atom is -0.497 e. The summed E-state index contributed by atoms with van der Waals surface area (Å²) in [5.74, 6) is 0.755. The zero-order valence-corrected chi connectivity index (χ0v) is 20.2. The summed E-state index contributed by atoms with van der Waals surface area (Å²) in [5.41, 5.74) is 11.0. The van der Waals surface area contributed by atoms with Crippen LogP contribution < -0.4 is 25.6 Å². The van der Waals surface area contributed by atoms with E-state index in [1.54, 1.807) is 36.4 Å². The van der Waals surface area contributed by atoms with E-state index in [2.05, 4.69) is 48.2 Å². The Balaban J connectivity index is 1.25. The van der Waals surface area contributed by atoms with Crippen molar-refractivity contribution in [1.29, 1.82) is 0 Å². The number of hydrazine groups is 2. The average molecular weight is 479 g/mol. The van der Waals surface area contributed by atoms with E-state index in [0.29, 0.717) is 17.2 Å². The van der Waals surface area contributed by atoms with Gasteiger partial charge in [-0.1, -0.05) is 18.2 Å². The number of urea groups is 1. The molecular weight excluding hydrogens is 448 g/mol. The second kappa shape index (κ2) is 9.12. The Labute approximate surface area is 204 Å². The number of carbonyl (C=O) groups is 2. The van der Waals surface area contributed by atoms with E-state index in [4.69, 9.17) is 9.47 Å². The highest BCUT2D eigenvalue weighted by Gasteiger charge is 2.48. The first-order chi connectivity index (χ1) is 16.9. The zero-order chi connectivity index (χ0) is 24.7. The molecule has 0 saturated carbocycles. The van der Waals surface area contributed by atoms with Gasteiger partial charge in [0.05, 0.1) is 32.0 Å².